The smallest absolute Gasteiger partial charge is 0.260 e. The summed E-state index contributed by atoms with van der Waals surface area (Å²) < 4.78 is 18.1. The Hall–Kier alpha value is -3.41. The van der Waals surface area contributed by atoms with E-state index in [-0.39, 0.29) is 17.5 Å². The molecule has 0 bridgehead atoms. The summed E-state index contributed by atoms with van der Waals surface area (Å²) in [5.41, 5.74) is 1.30. The molecule has 0 atom stereocenters. The van der Waals surface area contributed by atoms with Gasteiger partial charge in [-0.3, -0.25) is 19.1 Å². The van der Waals surface area contributed by atoms with Crippen LogP contribution in [0.15, 0.2) is 29.2 Å². The van der Waals surface area contributed by atoms with E-state index in [1.54, 1.807) is 43.0 Å². The third-order valence-electron chi connectivity index (χ3n) is 7.81. The number of aryl methyl sites for hydroxylation is 1. The van der Waals surface area contributed by atoms with Crippen molar-refractivity contribution in [2.75, 3.05) is 65.5 Å². The van der Waals surface area contributed by atoms with E-state index in [1.165, 1.54) is 7.11 Å². The second-order valence-electron chi connectivity index (χ2n) is 10.4. The Labute approximate surface area is 244 Å². The summed E-state index contributed by atoms with van der Waals surface area (Å²) in [4.78, 5) is 39.4. The molecular weight excluding hydrogens is 548 g/mol. The quantitative estimate of drug-likeness (QED) is 0.405. The lowest BCUT2D eigenvalue weighted by molar-refractivity contribution is -0.130. The van der Waals surface area contributed by atoms with Crippen LogP contribution < -0.4 is 20.3 Å². The van der Waals surface area contributed by atoms with Crippen LogP contribution in [0.5, 0.6) is 11.5 Å². The summed E-state index contributed by atoms with van der Waals surface area (Å²) in [6.45, 7) is 7.34. The summed E-state index contributed by atoms with van der Waals surface area (Å²) in [6.07, 6.45) is 4.23. The van der Waals surface area contributed by atoms with Crippen LogP contribution in [-0.4, -0.2) is 96.4 Å². The molecule has 4 heterocycles. The van der Waals surface area contributed by atoms with Crippen molar-refractivity contribution in [3.8, 4) is 22.6 Å². The number of ether oxygens (including phenoxy) is 3. The van der Waals surface area contributed by atoms with E-state index in [0.717, 1.165) is 57.4 Å². The van der Waals surface area contributed by atoms with Gasteiger partial charge in [0.1, 0.15) is 17.1 Å². The predicted molar refractivity (Wildman–Crippen MR) is 158 cm³/mol. The molecule has 2 saturated heterocycles. The lowest BCUT2D eigenvalue weighted by Gasteiger charge is -2.34. The SMILES string of the molecule is COc1cc(OC)c(Cl)c(-c2cc3cnc(NC4CCOCC4)nc3n(CCCN3CCN(C(C)=O)CC3)c2=O)c1. The molecule has 0 spiro atoms. The predicted octanol–water partition coefficient (Wildman–Crippen LogP) is 3.27. The third-order valence-corrected chi connectivity index (χ3v) is 8.20. The lowest BCUT2D eigenvalue weighted by atomic mass is 10.0. The van der Waals surface area contributed by atoms with Crippen LogP contribution in [0.25, 0.3) is 22.2 Å². The highest BCUT2D eigenvalue weighted by molar-refractivity contribution is 6.35. The van der Waals surface area contributed by atoms with Crippen LogP contribution in [0.1, 0.15) is 26.2 Å². The number of nitrogens with one attached hydrogen (secondary N) is 1. The molecule has 1 amide bonds. The van der Waals surface area contributed by atoms with E-state index in [2.05, 4.69) is 15.2 Å². The molecule has 11 nitrogen and oxygen atoms in total. The first kappa shape index (κ1) is 29.1. The number of anilines is 1. The molecule has 2 aromatic heterocycles. The van der Waals surface area contributed by atoms with Gasteiger partial charge in [-0.05, 0) is 37.9 Å². The van der Waals surface area contributed by atoms with E-state index >= 15 is 0 Å². The largest absolute Gasteiger partial charge is 0.497 e. The van der Waals surface area contributed by atoms with Crippen LogP contribution in [0.2, 0.25) is 5.02 Å². The first-order chi connectivity index (χ1) is 19.9. The van der Waals surface area contributed by atoms with Crippen LogP contribution in [-0.2, 0) is 16.1 Å². The standard InChI is InChI=1S/C29H37ClN6O5/c1-19(37)35-11-9-34(10-12-35)7-4-8-36-27-20(18-31-29(33-27)32-21-5-13-41-14-6-21)15-24(28(36)38)23-16-22(39-2)17-25(40-3)26(23)30/h15-18,21H,4-14H2,1-3H3,(H,31,32,33). The van der Waals surface area contributed by atoms with Gasteiger partial charge in [0.15, 0.2) is 0 Å². The van der Waals surface area contributed by atoms with Crippen LogP contribution in [0.4, 0.5) is 5.95 Å². The van der Waals surface area contributed by atoms with E-state index < -0.39 is 0 Å². The summed E-state index contributed by atoms with van der Waals surface area (Å²) >= 11 is 6.71. The van der Waals surface area contributed by atoms with Crippen molar-refractivity contribution in [1.82, 2.24) is 24.3 Å². The molecule has 0 saturated carbocycles. The van der Waals surface area contributed by atoms with Gasteiger partial charge in [-0.15, -0.1) is 0 Å². The number of rotatable bonds is 9. The van der Waals surface area contributed by atoms with Crippen molar-refractivity contribution in [1.29, 1.82) is 0 Å². The monoisotopic (exact) mass is 584 g/mol. The molecule has 5 rings (SSSR count). The fourth-order valence-electron chi connectivity index (χ4n) is 5.43. The third kappa shape index (κ3) is 6.58. The molecule has 2 aliphatic heterocycles. The maximum absolute atomic E-state index is 14.1. The topological polar surface area (TPSA) is 111 Å². The zero-order chi connectivity index (χ0) is 28.9. The average molecular weight is 585 g/mol. The number of nitrogens with zero attached hydrogens (tertiary/aromatic N) is 5. The highest BCUT2D eigenvalue weighted by Gasteiger charge is 2.22. The Kier molecular flexibility index (Phi) is 9.26. The molecule has 1 N–H and O–H groups in total. The number of aromatic nitrogens is 3. The molecular formula is C29H37ClN6O5. The number of fused-ring (bicyclic) bond motifs is 1. The molecule has 0 unspecified atom stereocenters. The summed E-state index contributed by atoms with van der Waals surface area (Å²) in [5, 5.41) is 4.47. The van der Waals surface area contributed by atoms with Crippen molar-refractivity contribution in [3.63, 3.8) is 0 Å². The van der Waals surface area contributed by atoms with Crippen molar-refractivity contribution < 1.29 is 19.0 Å². The lowest BCUT2D eigenvalue weighted by Crippen LogP contribution is -2.48. The van der Waals surface area contributed by atoms with Crippen molar-refractivity contribution in [2.24, 2.45) is 0 Å². The minimum Gasteiger partial charge on any atom is -0.497 e. The average Bonchev–Trinajstić information content (AvgIpc) is 2.99. The van der Waals surface area contributed by atoms with E-state index in [9.17, 15) is 9.59 Å². The Morgan fingerprint density at radius 1 is 1.07 bits per heavy atom. The summed E-state index contributed by atoms with van der Waals surface area (Å²) in [6, 6.07) is 5.44. The van der Waals surface area contributed by atoms with Crippen LogP contribution in [0, 0.1) is 0 Å². The molecule has 1 aromatic carbocycles. The van der Waals surface area contributed by atoms with Gasteiger partial charge >= 0.3 is 0 Å². The Balaban J connectivity index is 1.49. The molecule has 41 heavy (non-hydrogen) atoms. The maximum Gasteiger partial charge on any atom is 0.260 e. The summed E-state index contributed by atoms with van der Waals surface area (Å²) in [7, 11) is 3.09. The van der Waals surface area contributed by atoms with E-state index in [0.29, 0.717) is 59.0 Å². The molecule has 12 heteroatoms. The summed E-state index contributed by atoms with van der Waals surface area (Å²) in [5.74, 6) is 1.55. The number of amides is 1. The Morgan fingerprint density at radius 3 is 2.51 bits per heavy atom. The molecule has 220 valence electrons. The number of piperazine rings is 1. The number of pyridine rings is 1. The van der Waals surface area contributed by atoms with Gasteiger partial charge in [-0.25, -0.2) is 4.98 Å². The van der Waals surface area contributed by atoms with E-state index in [4.69, 9.17) is 30.8 Å². The highest BCUT2D eigenvalue weighted by atomic mass is 35.5. The van der Waals surface area contributed by atoms with Crippen molar-refractivity contribution >= 4 is 34.5 Å². The second-order valence-corrected chi connectivity index (χ2v) is 10.8. The van der Waals surface area contributed by atoms with Gasteiger partial charge in [-0.1, -0.05) is 11.6 Å². The van der Waals surface area contributed by atoms with Gasteiger partial charge < -0.3 is 24.4 Å². The number of carbonyl (C=O) groups excluding carboxylic acids is 1. The molecule has 0 radical (unpaired) electrons. The Morgan fingerprint density at radius 2 is 1.83 bits per heavy atom. The van der Waals surface area contributed by atoms with Gasteiger partial charge in [-0.2, -0.15) is 4.98 Å². The van der Waals surface area contributed by atoms with Gasteiger partial charge in [0.05, 0.1) is 19.2 Å². The second kappa shape index (κ2) is 13.1. The fourth-order valence-corrected chi connectivity index (χ4v) is 5.72. The van der Waals surface area contributed by atoms with Crippen LogP contribution >= 0.6 is 11.6 Å². The van der Waals surface area contributed by atoms with Crippen LogP contribution in [0.3, 0.4) is 0 Å². The fraction of sp³-hybridized carbons (Fsp3) is 0.517. The molecule has 2 fully saturated rings. The Bertz CT molecular complexity index is 1450. The van der Waals surface area contributed by atoms with E-state index in [1.807, 2.05) is 4.90 Å². The van der Waals surface area contributed by atoms with Gasteiger partial charge in [0.2, 0.25) is 11.9 Å². The molecule has 2 aliphatic rings. The van der Waals surface area contributed by atoms with Crippen molar-refractivity contribution in [2.45, 2.75) is 38.8 Å². The number of hydrogen-bond acceptors (Lipinski definition) is 9. The number of carbonyl (C=O) groups is 1. The normalized spacial score (nSPS) is 16.6. The highest BCUT2D eigenvalue weighted by Crippen LogP contribution is 2.38. The zero-order valence-corrected chi connectivity index (χ0v) is 24.6. The molecule has 3 aromatic rings. The minimum atomic E-state index is -0.202. The minimum absolute atomic E-state index is 0.108. The van der Waals surface area contributed by atoms with Gasteiger partial charge in [0.25, 0.3) is 5.56 Å². The van der Waals surface area contributed by atoms with Gasteiger partial charge in [0, 0.05) is 87.7 Å². The zero-order valence-electron chi connectivity index (χ0n) is 23.8. The maximum atomic E-state index is 14.1. The number of hydrogen-bond donors (Lipinski definition) is 1. The first-order valence-electron chi connectivity index (χ1n) is 14.0. The number of methoxy groups -OCH3 is 2. The van der Waals surface area contributed by atoms with Crippen molar-refractivity contribution in [3.05, 3.63) is 39.8 Å². The first-order valence-corrected chi connectivity index (χ1v) is 14.4. The number of halogens is 1. The number of benzene rings is 1. The molecule has 0 aliphatic carbocycles.